The summed E-state index contributed by atoms with van der Waals surface area (Å²) in [6.45, 7) is 8.76. The lowest BCUT2D eigenvalue weighted by atomic mass is 10.8. The molecule has 78 valence electrons. The minimum atomic E-state index is -1.03. The van der Waals surface area contributed by atoms with E-state index in [4.69, 9.17) is 4.74 Å². The maximum absolute atomic E-state index is 10.2. The molecular formula is C8H18O4Si. The van der Waals surface area contributed by atoms with Gasteiger partial charge in [0.1, 0.15) is 0 Å². The Bertz CT molecular complexity index is 153. The molecule has 0 aliphatic carbocycles. The van der Waals surface area contributed by atoms with E-state index in [9.17, 15) is 4.79 Å². The fraction of sp³-hybridized carbons (Fsp3) is 0.875. The molecule has 0 atom stereocenters. The quantitative estimate of drug-likeness (QED) is 0.218. The first-order valence-corrected chi connectivity index (χ1v) is 8.00. The molecule has 0 aromatic heterocycles. The molecule has 0 spiro atoms. The molecule has 0 aliphatic heterocycles. The normalized spacial score (nSPS) is 11.4. The van der Waals surface area contributed by atoms with Gasteiger partial charge in [0.25, 0.3) is 0 Å². The predicted octanol–water partition coefficient (Wildman–Crippen LogP) is 1.79. The molecule has 0 N–H and O–H groups in total. The Morgan fingerprint density at radius 2 is 1.92 bits per heavy atom. The fourth-order valence-corrected chi connectivity index (χ4v) is 1.34. The van der Waals surface area contributed by atoms with Crippen LogP contribution in [0, 0.1) is 0 Å². The van der Waals surface area contributed by atoms with Crippen LogP contribution in [0.15, 0.2) is 0 Å². The largest absolute Gasteiger partial charge is 0.351 e. The molecule has 0 amide bonds. The number of hydrogen-bond donors (Lipinski definition) is 0. The maximum atomic E-state index is 10.2. The summed E-state index contributed by atoms with van der Waals surface area (Å²) in [6.07, 6.45) is 0. The van der Waals surface area contributed by atoms with Crippen LogP contribution in [0.1, 0.15) is 6.92 Å². The van der Waals surface area contributed by atoms with Gasteiger partial charge in [-0.05, 0) is 6.04 Å². The van der Waals surface area contributed by atoms with E-state index in [2.05, 4.69) is 29.4 Å². The molecule has 0 unspecified atom stereocenters. The Morgan fingerprint density at radius 1 is 1.31 bits per heavy atom. The van der Waals surface area contributed by atoms with Crippen molar-refractivity contribution in [1.29, 1.82) is 0 Å². The van der Waals surface area contributed by atoms with E-state index >= 15 is 0 Å². The zero-order chi connectivity index (χ0) is 10.3. The van der Waals surface area contributed by atoms with Crippen molar-refractivity contribution in [3.05, 3.63) is 0 Å². The predicted molar refractivity (Wildman–Crippen MR) is 51.8 cm³/mol. The Balaban J connectivity index is 3.13. The summed E-state index contributed by atoms with van der Waals surface area (Å²) in [6, 6.07) is 1.08. The topological polar surface area (TPSA) is 44.8 Å². The summed E-state index contributed by atoms with van der Waals surface area (Å²) in [4.78, 5) is 18.9. The third kappa shape index (κ3) is 11.6. The molecule has 0 aromatic rings. The van der Waals surface area contributed by atoms with Crippen LogP contribution in [0.3, 0.4) is 0 Å². The fourth-order valence-electron chi connectivity index (χ4n) is 0.578. The third-order valence-electron chi connectivity index (χ3n) is 1.30. The van der Waals surface area contributed by atoms with Gasteiger partial charge in [0.05, 0.1) is 0 Å². The summed E-state index contributed by atoms with van der Waals surface area (Å²) in [5.74, 6) is -0.464. The van der Waals surface area contributed by atoms with Crippen LogP contribution in [0.25, 0.3) is 0 Å². The lowest BCUT2D eigenvalue weighted by Gasteiger charge is -2.14. The molecule has 0 radical (unpaired) electrons. The molecule has 0 saturated heterocycles. The molecular weight excluding hydrogens is 188 g/mol. The van der Waals surface area contributed by atoms with E-state index in [1.54, 1.807) is 0 Å². The second kappa shape index (κ2) is 6.12. The van der Waals surface area contributed by atoms with Gasteiger partial charge in [-0.3, -0.25) is 4.89 Å². The maximum Gasteiger partial charge on any atom is 0.339 e. The van der Waals surface area contributed by atoms with Crippen LogP contribution in [-0.4, -0.2) is 27.4 Å². The number of hydrogen-bond acceptors (Lipinski definition) is 4. The monoisotopic (exact) mass is 206 g/mol. The van der Waals surface area contributed by atoms with Crippen molar-refractivity contribution in [2.75, 3.05) is 13.4 Å². The number of rotatable bonds is 6. The van der Waals surface area contributed by atoms with Crippen molar-refractivity contribution in [3.63, 3.8) is 0 Å². The second-order valence-corrected chi connectivity index (χ2v) is 9.65. The van der Waals surface area contributed by atoms with E-state index in [0.717, 1.165) is 6.04 Å². The molecule has 0 rings (SSSR count). The van der Waals surface area contributed by atoms with Gasteiger partial charge in [0.15, 0.2) is 6.79 Å². The Labute approximate surface area is 80.1 Å². The molecule has 4 nitrogen and oxygen atoms in total. The Kier molecular flexibility index (Phi) is 5.94. The zero-order valence-corrected chi connectivity index (χ0v) is 9.75. The van der Waals surface area contributed by atoms with Gasteiger partial charge >= 0.3 is 5.97 Å². The second-order valence-electron chi connectivity index (χ2n) is 4.03. The van der Waals surface area contributed by atoms with Gasteiger partial charge < -0.3 is 4.74 Å². The highest BCUT2D eigenvalue weighted by atomic mass is 28.3. The van der Waals surface area contributed by atoms with Gasteiger partial charge in [-0.2, -0.15) is 4.89 Å². The van der Waals surface area contributed by atoms with Crippen LogP contribution in [0.4, 0.5) is 0 Å². The molecule has 0 bridgehead atoms. The lowest BCUT2D eigenvalue weighted by Crippen LogP contribution is -2.22. The van der Waals surface area contributed by atoms with Gasteiger partial charge in [0.2, 0.25) is 0 Å². The zero-order valence-electron chi connectivity index (χ0n) is 8.75. The van der Waals surface area contributed by atoms with Crippen molar-refractivity contribution in [2.24, 2.45) is 0 Å². The Hall–Kier alpha value is -0.393. The first-order valence-electron chi connectivity index (χ1n) is 4.29. The minimum absolute atomic E-state index is 0.0179. The van der Waals surface area contributed by atoms with Crippen molar-refractivity contribution >= 4 is 14.0 Å². The van der Waals surface area contributed by atoms with E-state index in [1.165, 1.54) is 6.92 Å². The van der Waals surface area contributed by atoms with Gasteiger partial charge in [0, 0.05) is 21.6 Å². The molecule has 0 aliphatic rings. The average Bonchev–Trinajstić information content (AvgIpc) is 1.93. The van der Waals surface area contributed by atoms with E-state index in [0.29, 0.717) is 6.61 Å². The molecule has 0 heterocycles. The van der Waals surface area contributed by atoms with E-state index in [1.807, 2.05) is 0 Å². The first kappa shape index (κ1) is 12.6. The minimum Gasteiger partial charge on any atom is -0.351 e. The van der Waals surface area contributed by atoms with Crippen LogP contribution >= 0.6 is 0 Å². The summed E-state index contributed by atoms with van der Waals surface area (Å²) >= 11 is 0. The van der Waals surface area contributed by atoms with Crippen molar-refractivity contribution < 1.29 is 19.3 Å². The number of carbonyl (C=O) groups is 1. The van der Waals surface area contributed by atoms with Crippen molar-refractivity contribution in [3.8, 4) is 0 Å². The summed E-state index contributed by atoms with van der Waals surface area (Å²) in [5.41, 5.74) is 0. The first-order chi connectivity index (χ1) is 5.92. The SMILES string of the molecule is CC(=O)OOCOCC[Si](C)(C)C. The molecule has 13 heavy (non-hydrogen) atoms. The summed E-state index contributed by atoms with van der Waals surface area (Å²) in [5, 5.41) is 0. The smallest absolute Gasteiger partial charge is 0.339 e. The molecule has 5 heteroatoms. The number of carbonyl (C=O) groups excluding carboxylic acids is 1. The highest BCUT2D eigenvalue weighted by Gasteiger charge is 2.11. The molecule has 0 fully saturated rings. The van der Waals surface area contributed by atoms with E-state index < -0.39 is 14.0 Å². The van der Waals surface area contributed by atoms with E-state index in [-0.39, 0.29) is 6.79 Å². The molecule has 0 aromatic carbocycles. The van der Waals surface area contributed by atoms with Gasteiger partial charge in [-0.25, -0.2) is 4.79 Å². The third-order valence-corrected chi connectivity index (χ3v) is 3.01. The molecule has 0 saturated carbocycles. The van der Waals surface area contributed by atoms with Crippen LogP contribution in [0.2, 0.25) is 25.7 Å². The summed E-state index contributed by atoms with van der Waals surface area (Å²) < 4.78 is 5.10. The average molecular weight is 206 g/mol. The Morgan fingerprint density at radius 3 is 2.38 bits per heavy atom. The van der Waals surface area contributed by atoms with Gasteiger partial charge in [-0.1, -0.05) is 19.6 Å². The lowest BCUT2D eigenvalue weighted by molar-refractivity contribution is -0.308. The van der Waals surface area contributed by atoms with Crippen molar-refractivity contribution in [2.45, 2.75) is 32.6 Å². The van der Waals surface area contributed by atoms with Crippen LogP contribution in [-0.2, 0) is 19.3 Å². The highest BCUT2D eigenvalue weighted by Crippen LogP contribution is 2.07. The number of ether oxygens (including phenoxy) is 1. The standard InChI is InChI=1S/C8H18O4Si/c1-8(9)12-11-7-10-5-6-13(2,3)4/h5-7H2,1-4H3. The van der Waals surface area contributed by atoms with Crippen molar-refractivity contribution in [1.82, 2.24) is 0 Å². The van der Waals surface area contributed by atoms with Crippen LogP contribution < -0.4 is 0 Å². The summed E-state index contributed by atoms with van der Waals surface area (Å²) in [7, 11) is -1.03. The highest BCUT2D eigenvalue weighted by molar-refractivity contribution is 6.76. The van der Waals surface area contributed by atoms with Gasteiger partial charge in [-0.15, -0.1) is 0 Å². The van der Waals surface area contributed by atoms with Crippen LogP contribution in [0.5, 0.6) is 0 Å².